The Balaban J connectivity index is 2.02. The molecule has 114 valence electrons. The number of hydrogen-bond donors (Lipinski definition) is 1. The van der Waals surface area contributed by atoms with Gasteiger partial charge in [0, 0.05) is 25.7 Å². The summed E-state index contributed by atoms with van der Waals surface area (Å²) in [7, 11) is -3.01. The van der Waals surface area contributed by atoms with Crippen molar-refractivity contribution in [3.63, 3.8) is 0 Å². The van der Waals surface area contributed by atoms with Crippen LogP contribution in [0.1, 0.15) is 19.3 Å². The van der Waals surface area contributed by atoms with Gasteiger partial charge >= 0.3 is 6.03 Å². The summed E-state index contributed by atoms with van der Waals surface area (Å²) < 4.78 is 28.8. The molecule has 0 aromatic heterocycles. The summed E-state index contributed by atoms with van der Waals surface area (Å²) >= 11 is 0. The maximum absolute atomic E-state index is 12.2. The number of amides is 2. The van der Waals surface area contributed by atoms with Crippen molar-refractivity contribution in [2.24, 2.45) is 0 Å². The van der Waals surface area contributed by atoms with E-state index in [1.165, 1.54) is 0 Å². The monoisotopic (exact) mass is 302 g/mol. The number of nitrogens with zero attached hydrogens (tertiary/aromatic N) is 1. The molecule has 2 atom stereocenters. The van der Waals surface area contributed by atoms with Crippen LogP contribution in [-0.4, -0.2) is 62.7 Å². The molecule has 7 heteroatoms. The van der Waals surface area contributed by atoms with Crippen LogP contribution in [0.25, 0.3) is 0 Å². The van der Waals surface area contributed by atoms with Crippen LogP contribution >= 0.6 is 0 Å². The Morgan fingerprint density at radius 2 is 2.25 bits per heavy atom. The van der Waals surface area contributed by atoms with E-state index < -0.39 is 9.84 Å². The minimum absolute atomic E-state index is 0.0211. The van der Waals surface area contributed by atoms with Crippen molar-refractivity contribution in [1.82, 2.24) is 10.2 Å². The Bertz CT molecular complexity index is 457. The van der Waals surface area contributed by atoms with Crippen molar-refractivity contribution in [2.75, 3.05) is 31.2 Å². The minimum Gasteiger partial charge on any atom is -0.376 e. The van der Waals surface area contributed by atoms with Crippen molar-refractivity contribution >= 4 is 15.9 Å². The predicted octanol–water partition coefficient (Wildman–Crippen LogP) is 0.550. The third-order valence-electron chi connectivity index (χ3n) is 3.73. The molecule has 0 aliphatic carbocycles. The fraction of sp³-hybridized carbons (Fsp3) is 0.769. The molecule has 2 heterocycles. The van der Waals surface area contributed by atoms with Crippen LogP contribution < -0.4 is 5.32 Å². The largest absolute Gasteiger partial charge is 0.376 e. The van der Waals surface area contributed by atoms with Gasteiger partial charge in [-0.15, -0.1) is 6.58 Å². The van der Waals surface area contributed by atoms with E-state index in [0.29, 0.717) is 19.5 Å². The number of nitrogens with one attached hydrogen (secondary N) is 1. The SMILES string of the molecule is C=CCNC(=O)N(C[C@H]1CCCO1)[C@@H]1CCS(=O)(=O)C1. The lowest BCUT2D eigenvalue weighted by molar-refractivity contribution is 0.0724. The lowest BCUT2D eigenvalue weighted by Gasteiger charge is -2.30. The molecule has 6 nitrogen and oxygen atoms in total. The topological polar surface area (TPSA) is 75.7 Å². The summed E-state index contributed by atoms with van der Waals surface area (Å²) in [5.41, 5.74) is 0. The first-order valence-electron chi connectivity index (χ1n) is 6.99. The van der Waals surface area contributed by atoms with E-state index in [1.807, 2.05) is 0 Å². The number of urea groups is 1. The zero-order valence-corrected chi connectivity index (χ0v) is 12.4. The summed E-state index contributed by atoms with van der Waals surface area (Å²) in [6.45, 7) is 5.12. The van der Waals surface area contributed by atoms with Crippen LogP contribution in [0.5, 0.6) is 0 Å². The molecular formula is C13H22N2O4S. The second kappa shape index (κ2) is 6.58. The maximum atomic E-state index is 12.2. The molecule has 1 N–H and O–H groups in total. The van der Waals surface area contributed by atoms with Gasteiger partial charge in [-0.3, -0.25) is 0 Å². The van der Waals surface area contributed by atoms with Gasteiger partial charge in [0.25, 0.3) is 0 Å². The second-order valence-electron chi connectivity index (χ2n) is 5.32. The van der Waals surface area contributed by atoms with E-state index in [2.05, 4.69) is 11.9 Å². The number of ether oxygens (including phenoxy) is 1. The van der Waals surface area contributed by atoms with Gasteiger partial charge in [0.05, 0.1) is 17.6 Å². The summed E-state index contributed by atoms with van der Waals surface area (Å²) in [5.74, 6) is 0.218. The van der Waals surface area contributed by atoms with Crippen LogP contribution in [0.4, 0.5) is 4.79 Å². The smallest absolute Gasteiger partial charge is 0.318 e. The van der Waals surface area contributed by atoms with Gasteiger partial charge < -0.3 is 15.0 Å². The molecule has 20 heavy (non-hydrogen) atoms. The highest BCUT2D eigenvalue weighted by molar-refractivity contribution is 7.91. The van der Waals surface area contributed by atoms with Gasteiger partial charge in [0.1, 0.15) is 0 Å². The molecule has 0 unspecified atom stereocenters. The summed E-state index contributed by atoms with van der Waals surface area (Å²) in [6.07, 6.45) is 4.05. The van der Waals surface area contributed by atoms with E-state index in [9.17, 15) is 13.2 Å². The number of carbonyl (C=O) groups is 1. The van der Waals surface area contributed by atoms with Gasteiger partial charge in [-0.1, -0.05) is 6.08 Å². The first-order chi connectivity index (χ1) is 9.52. The van der Waals surface area contributed by atoms with Crippen molar-refractivity contribution < 1.29 is 17.9 Å². The molecule has 0 aromatic carbocycles. The van der Waals surface area contributed by atoms with Crippen molar-refractivity contribution in [1.29, 1.82) is 0 Å². The fourth-order valence-electron chi connectivity index (χ4n) is 2.69. The Morgan fingerprint density at radius 3 is 2.80 bits per heavy atom. The van der Waals surface area contributed by atoms with Gasteiger partial charge in [-0.25, -0.2) is 13.2 Å². The average Bonchev–Trinajstić information content (AvgIpc) is 3.02. The molecule has 0 aromatic rings. The molecule has 2 aliphatic heterocycles. The highest BCUT2D eigenvalue weighted by atomic mass is 32.2. The maximum Gasteiger partial charge on any atom is 0.318 e. The molecule has 2 fully saturated rings. The Labute approximate surface area is 120 Å². The van der Waals surface area contributed by atoms with Gasteiger partial charge in [0.2, 0.25) is 0 Å². The second-order valence-corrected chi connectivity index (χ2v) is 7.55. The highest BCUT2D eigenvalue weighted by Gasteiger charge is 2.36. The van der Waals surface area contributed by atoms with Crippen LogP contribution in [0.3, 0.4) is 0 Å². The number of sulfone groups is 1. The molecule has 0 bridgehead atoms. The molecule has 0 spiro atoms. The summed E-state index contributed by atoms with van der Waals surface area (Å²) in [5, 5.41) is 2.73. The third-order valence-corrected chi connectivity index (χ3v) is 5.48. The van der Waals surface area contributed by atoms with Crippen LogP contribution in [-0.2, 0) is 14.6 Å². The van der Waals surface area contributed by atoms with Gasteiger partial charge in [-0.2, -0.15) is 0 Å². The molecule has 2 amide bonds. The van der Waals surface area contributed by atoms with Crippen LogP contribution in [0.15, 0.2) is 12.7 Å². The minimum atomic E-state index is -3.01. The van der Waals surface area contributed by atoms with E-state index in [4.69, 9.17) is 4.74 Å². The van der Waals surface area contributed by atoms with Crippen molar-refractivity contribution in [3.05, 3.63) is 12.7 Å². The molecule has 2 rings (SSSR count). The first kappa shape index (κ1) is 15.3. The molecular weight excluding hydrogens is 280 g/mol. The third kappa shape index (κ3) is 3.96. The van der Waals surface area contributed by atoms with E-state index >= 15 is 0 Å². The Morgan fingerprint density at radius 1 is 1.45 bits per heavy atom. The highest BCUT2D eigenvalue weighted by Crippen LogP contribution is 2.21. The summed E-state index contributed by atoms with van der Waals surface area (Å²) in [4.78, 5) is 13.8. The van der Waals surface area contributed by atoms with E-state index in [0.717, 1.165) is 19.4 Å². The predicted molar refractivity (Wildman–Crippen MR) is 76.3 cm³/mol. The van der Waals surface area contributed by atoms with E-state index in [1.54, 1.807) is 11.0 Å². The van der Waals surface area contributed by atoms with Crippen molar-refractivity contribution in [2.45, 2.75) is 31.4 Å². The van der Waals surface area contributed by atoms with Gasteiger partial charge in [0.15, 0.2) is 9.84 Å². The Kier molecular flexibility index (Phi) is 5.04. The summed E-state index contributed by atoms with van der Waals surface area (Å²) in [6, 6.07) is -0.475. The first-order valence-corrected chi connectivity index (χ1v) is 8.81. The van der Waals surface area contributed by atoms with E-state index in [-0.39, 0.29) is 29.7 Å². The van der Waals surface area contributed by atoms with Gasteiger partial charge in [-0.05, 0) is 19.3 Å². The van der Waals surface area contributed by atoms with Crippen LogP contribution in [0.2, 0.25) is 0 Å². The molecule has 2 saturated heterocycles. The Hall–Kier alpha value is -1.08. The zero-order valence-electron chi connectivity index (χ0n) is 11.6. The lowest BCUT2D eigenvalue weighted by atomic mass is 10.2. The number of carbonyl (C=O) groups excluding carboxylic acids is 1. The normalized spacial score (nSPS) is 28.2. The lowest BCUT2D eigenvalue weighted by Crippen LogP contribution is -2.49. The quantitative estimate of drug-likeness (QED) is 0.753. The molecule has 2 aliphatic rings. The number of hydrogen-bond acceptors (Lipinski definition) is 4. The average molecular weight is 302 g/mol. The molecule has 0 saturated carbocycles. The molecule has 0 radical (unpaired) electrons. The number of rotatable bonds is 5. The zero-order chi connectivity index (χ0) is 14.6. The fourth-order valence-corrected chi connectivity index (χ4v) is 4.42. The van der Waals surface area contributed by atoms with Crippen molar-refractivity contribution in [3.8, 4) is 0 Å². The van der Waals surface area contributed by atoms with Crippen LogP contribution in [0, 0.1) is 0 Å². The standard InChI is InChI=1S/C13H22N2O4S/c1-2-6-14-13(16)15(9-12-4-3-7-19-12)11-5-8-20(17,18)10-11/h2,11-12H,1,3-10H2,(H,14,16)/t11-,12-/m1/s1.